The molecule has 0 saturated carbocycles. The number of fused-ring (bicyclic) bond motifs is 1. The Morgan fingerprint density at radius 3 is 2.81 bits per heavy atom. The van der Waals surface area contributed by atoms with Crippen molar-refractivity contribution < 1.29 is 28.9 Å². The number of nitrogens with one attached hydrogen (secondary N) is 1. The van der Waals surface area contributed by atoms with E-state index in [1.807, 2.05) is 0 Å². The summed E-state index contributed by atoms with van der Waals surface area (Å²) < 4.78 is 25.3. The molecule has 9 heteroatoms. The summed E-state index contributed by atoms with van der Waals surface area (Å²) in [4.78, 5) is 13.5. The van der Waals surface area contributed by atoms with Crippen LogP contribution in [-0.4, -0.2) is 59.0 Å². The van der Waals surface area contributed by atoms with Gasteiger partial charge in [-0.15, -0.1) is 0 Å². The topological polar surface area (TPSA) is 91.3 Å². The zero-order valence-electron chi connectivity index (χ0n) is 17.7. The van der Waals surface area contributed by atoms with Gasteiger partial charge in [0.15, 0.2) is 0 Å². The molecular formula is C23H26ClFN2O5. The second kappa shape index (κ2) is 9.13. The van der Waals surface area contributed by atoms with Crippen LogP contribution in [-0.2, 0) is 11.2 Å². The van der Waals surface area contributed by atoms with Gasteiger partial charge in [-0.1, -0.05) is 11.6 Å². The van der Waals surface area contributed by atoms with Gasteiger partial charge in [0.25, 0.3) is 0 Å². The fourth-order valence-corrected chi connectivity index (χ4v) is 4.47. The van der Waals surface area contributed by atoms with Crippen LogP contribution in [0.2, 0.25) is 5.02 Å². The maximum Gasteiger partial charge on any atom is 0.221 e. The van der Waals surface area contributed by atoms with E-state index in [1.165, 1.54) is 25.1 Å². The second-order valence-electron chi connectivity index (χ2n) is 8.46. The predicted octanol–water partition coefficient (Wildman–Crippen LogP) is 3.35. The summed E-state index contributed by atoms with van der Waals surface area (Å²) in [6.45, 7) is 3.23. The zero-order valence-corrected chi connectivity index (χ0v) is 18.5. The summed E-state index contributed by atoms with van der Waals surface area (Å²) in [5.74, 6) is 0.251. The number of piperidine rings is 1. The van der Waals surface area contributed by atoms with Crippen molar-refractivity contribution in [2.75, 3.05) is 31.6 Å². The van der Waals surface area contributed by atoms with Crippen LogP contribution in [0.5, 0.6) is 17.2 Å². The van der Waals surface area contributed by atoms with Crippen molar-refractivity contribution >= 4 is 23.2 Å². The van der Waals surface area contributed by atoms with Crippen molar-refractivity contribution in [3.63, 3.8) is 0 Å². The average molecular weight is 465 g/mol. The number of hydrogen-bond acceptors (Lipinski definition) is 6. The van der Waals surface area contributed by atoms with Crippen molar-refractivity contribution in [3.05, 3.63) is 46.7 Å². The van der Waals surface area contributed by atoms with Crippen LogP contribution >= 0.6 is 11.6 Å². The first kappa shape index (κ1) is 22.6. The third-order valence-corrected chi connectivity index (χ3v) is 6.19. The lowest BCUT2D eigenvalue weighted by Gasteiger charge is -2.39. The molecule has 2 aromatic rings. The molecule has 0 radical (unpaired) electrons. The number of anilines is 1. The zero-order chi connectivity index (χ0) is 22.9. The molecule has 2 aromatic carbocycles. The van der Waals surface area contributed by atoms with Crippen molar-refractivity contribution in [1.82, 2.24) is 4.90 Å². The molecule has 2 aliphatic rings. The van der Waals surface area contributed by atoms with Gasteiger partial charge in [-0.05, 0) is 24.3 Å². The Morgan fingerprint density at radius 1 is 1.34 bits per heavy atom. The van der Waals surface area contributed by atoms with Crippen molar-refractivity contribution in [2.24, 2.45) is 0 Å². The van der Waals surface area contributed by atoms with Crippen molar-refractivity contribution in [3.8, 4) is 17.2 Å². The fourth-order valence-electron chi connectivity index (χ4n) is 4.31. The number of hydrogen-bond donors (Lipinski definition) is 3. The summed E-state index contributed by atoms with van der Waals surface area (Å²) in [6.07, 6.45) is 1.50. The van der Waals surface area contributed by atoms with E-state index in [0.717, 1.165) is 37.2 Å². The summed E-state index contributed by atoms with van der Waals surface area (Å²) in [5, 5.41) is 23.0. The molecule has 172 valence electrons. The number of aliphatic hydroxyl groups excluding tert-OH is 1. The van der Waals surface area contributed by atoms with Crippen molar-refractivity contribution in [2.45, 2.75) is 37.9 Å². The first-order valence-electron chi connectivity index (χ1n) is 10.5. The lowest BCUT2D eigenvalue weighted by molar-refractivity contribution is -0.114. The highest BCUT2D eigenvalue weighted by molar-refractivity contribution is 6.32. The van der Waals surface area contributed by atoms with Gasteiger partial charge in [0, 0.05) is 57.5 Å². The van der Waals surface area contributed by atoms with Crippen LogP contribution in [0.15, 0.2) is 30.3 Å². The maximum absolute atomic E-state index is 13.5. The minimum absolute atomic E-state index is 0.0173. The number of rotatable bonds is 6. The fraction of sp³-hybridized carbons (Fsp3) is 0.435. The standard InChI is InChI=1S/C23H26ClFN2O5/c1-14(28)26-19-9-18(24)20(30)10-22(19)31-13-17(29)12-27-6-4-23(5-7-27)11-15-8-16(25)2-3-21(15)32-23/h2-3,8-10,17,29-30H,4-7,11-13H2,1H3,(H,26,28)/t17-/m1/s1. The molecule has 1 amide bonds. The Morgan fingerprint density at radius 2 is 2.09 bits per heavy atom. The number of halogens is 2. The SMILES string of the molecule is CC(=O)Nc1cc(Cl)c(O)cc1OC[C@H](O)CN1CCC2(CC1)Cc1cc(F)ccc1O2. The normalized spacial score (nSPS) is 18.1. The van der Waals surface area contributed by atoms with Crippen LogP contribution in [0.25, 0.3) is 0 Å². The first-order chi connectivity index (χ1) is 15.2. The van der Waals surface area contributed by atoms with E-state index in [2.05, 4.69) is 10.2 Å². The lowest BCUT2D eigenvalue weighted by atomic mass is 9.87. The van der Waals surface area contributed by atoms with E-state index in [0.29, 0.717) is 18.7 Å². The van der Waals surface area contributed by atoms with Gasteiger partial charge in [0.2, 0.25) is 5.91 Å². The van der Waals surface area contributed by atoms with Gasteiger partial charge in [0.1, 0.15) is 41.4 Å². The molecule has 7 nitrogen and oxygen atoms in total. The minimum atomic E-state index is -0.775. The molecule has 1 saturated heterocycles. The average Bonchev–Trinajstić information content (AvgIpc) is 3.08. The minimum Gasteiger partial charge on any atom is -0.506 e. The third kappa shape index (κ3) is 5.09. The number of carbonyl (C=O) groups is 1. The number of phenolic OH excluding ortho intramolecular Hbond substituents is 1. The number of aliphatic hydroxyl groups is 1. The van der Waals surface area contributed by atoms with E-state index < -0.39 is 6.10 Å². The van der Waals surface area contributed by atoms with Crippen LogP contribution < -0.4 is 14.8 Å². The molecule has 1 fully saturated rings. The molecule has 0 aliphatic carbocycles. The smallest absolute Gasteiger partial charge is 0.221 e. The van der Waals surface area contributed by atoms with Crippen LogP contribution in [0.4, 0.5) is 10.1 Å². The Bertz CT molecular complexity index is 1010. The molecule has 0 unspecified atom stereocenters. The number of amides is 1. The van der Waals surface area contributed by atoms with Crippen LogP contribution in [0.1, 0.15) is 25.3 Å². The number of phenols is 1. The highest BCUT2D eigenvalue weighted by Gasteiger charge is 2.42. The maximum atomic E-state index is 13.5. The molecule has 1 atom stereocenters. The quantitative estimate of drug-likeness (QED) is 0.568. The van der Waals surface area contributed by atoms with Gasteiger partial charge in [-0.25, -0.2) is 4.39 Å². The van der Waals surface area contributed by atoms with Gasteiger partial charge < -0.3 is 29.9 Å². The first-order valence-corrected chi connectivity index (χ1v) is 10.9. The second-order valence-corrected chi connectivity index (χ2v) is 8.87. The van der Waals surface area contributed by atoms with E-state index in [9.17, 15) is 19.4 Å². The highest BCUT2D eigenvalue weighted by Crippen LogP contribution is 2.41. The Balaban J connectivity index is 1.29. The molecule has 0 aromatic heterocycles. The summed E-state index contributed by atoms with van der Waals surface area (Å²) in [5.41, 5.74) is 0.928. The van der Waals surface area contributed by atoms with Gasteiger partial charge in [0.05, 0.1) is 10.7 Å². The molecule has 4 rings (SSSR count). The predicted molar refractivity (Wildman–Crippen MR) is 118 cm³/mol. The molecule has 32 heavy (non-hydrogen) atoms. The van der Waals surface area contributed by atoms with E-state index in [-0.39, 0.29) is 40.5 Å². The van der Waals surface area contributed by atoms with Gasteiger partial charge >= 0.3 is 0 Å². The van der Waals surface area contributed by atoms with E-state index in [4.69, 9.17) is 21.1 Å². The Hall–Kier alpha value is -2.55. The number of β-amino-alcohol motifs (C(OH)–C–C–N with tert-alkyl or cyclic N) is 1. The van der Waals surface area contributed by atoms with E-state index >= 15 is 0 Å². The third-order valence-electron chi connectivity index (χ3n) is 5.89. The number of nitrogens with zero attached hydrogens (tertiary/aromatic N) is 1. The molecule has 2 aliphatic heterocycles. The number of carbonyl (C=O) groups excluding carboxylic acids is 1. The molecule has 3 N–H and O–H groups in total. The summed E-state index contributed by atoms with van der Waals surface area (Å²) in [6, 6.07) is 7.36. The number of aromatic hydroxyl groups is 1. The highest BCUT2D eigenvalue weighted by atomic mass is 35.5. The van der Waals surface area contributed by atoms with Crippen molar-refractivity contribution in [1.29, 1.82) is 0 Å². The lowest BCUT2D eigenvalue weighted by Crippen LogP contribution is -2.49. The molecule has 1 spiro atoms. The number of likely N-dealkylation sites (tertiary alicyclic amines) is 1. The number of ether oxygens (including phenoxy) is 2. The summed E-state index contributed by atoms with van der Waals surface area (Å²) in [7, 11) is 0. The number of benzene rings is 2. The van der Waals surface area contributed by atoms with E-state index in [1.54, 1.807) is 12.1 Å². The monoisotopic (exact) mass is 464 g/mol. The summed E-state index contributed by atoms with van der Waals surface area (Å²) >= 11 is 5.91. The van der Waals surface area contributed by atoms with Crippen LogP contribution in [0.3, 0.4) is 0 Å². The molecular weight excluding hydrogens is 439 g/mol. The largest absolute Gasteiger partial charge is 0.506 e. The van der Waals surface area contributed by atoms with Gasteiger partial charge in [-0.2, -0.15) is 0 Å². The Labute approximate surface area is 190 Å². The Kier molecular flexibility index (Phi) is 6.46. The van der Waals surface area contributed by atoms with Crippen LogP contribution in [0, 0.1) is 5.82 Å². The molecule has 2 heterocycles. The van der Waals surface area contributed by atoms with Gasteiger partial charge in [-0.3, -0.25) is 4.79 Å². The molecule has 0 bridgehead atoms.